The number of nitro benzene ring substituents is 1. The number of aryl methyl sites for hydroxylation is 1. The number of hydrogen-bond donors (Lipinski definition) is 5. The standard InChI is InChI=1S/C8H9N5O4.C7H8O3S/c9-8(12-15)11-10-4-5-3-6(13(16)17)1-2-7(5)14;1-6-2-4-7(5-3-6)11(8,9)10/h1-4,14-15H,(H3,9,11,12);2-5H,1H3,(H,8,9,10)/b10-4+;. The number of phenolic OH excluding ortho intramolecular Hbond substituents is 1. The lowest BCUT2D eigenvalue weighted by molar-refractivity contribution is -0.384. The molecule has 0 amide bonds. The van der Waals surface area contributed by atoms with Gasteiger partial charge in [-0.15, -0.1) is 5.10 Å². The van der Waals surface area contributed by atoms with E-state index in [-0.39, 0.29) is 27.9 Å². The zero-order valence-electron chi connectivity index (χ0n) is 14.4. The van der Waals surface area contributed by atoms with Gasteiger partial charge in [0.2, 0.25) is 5.96 Å². The van der Waals surface area contributed by atoms with Crippen LogP contribution in [-0.2, 0) is 10.1 Å². The van der Waals surface area contributed by atoms with E-state index >= 15 is 0 Å². The van der Waals surface area contributed by atoms with Gasteiger partial charge >= 0.3 is 0 Å². The quantitative estimate of drug-likeness (QED) is 0.161. The van der Waals surface area contributed by atoms with Crippen LogP contribution in [0.1, 0.15) is 11.1 Å². The molecule has 0 aliphatic heterocycles. The van der Waals surface area contributed by atoms with Crippen LogP contribution in [-0.4, -0.2) is 40.4 Å². The van der Waals surface area contributed by atoms with Gasteiger partial charge in [0, 0.05) is 17.7 Å². The van der Waals surface area contributed by atoms with Crippen molar-refractivity contribution in [2.75, 3.05) is 0 Å². The summed E-state index contributed by atoms with van der Waals surface area (Å²) in [4.78, 5) is 9.81. The minimum atomic E-state index is -4.02. The minimum Gasteiger partial charge on any atom is -0.507 e. The fourth-order valence-corrected chi connectivity index (χ4v) is 2.12. The van der Waals surface area contributed by atoms with Gasteiger partial charge in [0.25, 0.3) is 15.8 Å². The van der Waals surface area contributed by atoms with E-state index in [1.165, 1.54) is 17.6 Å². The van der Waals surface area contributed by atoms with Gasteiger partial charge in [-0.2, -0.15) is 13.5 Å². The van der Waals surface area contributed by atoms with Crippen LogP contribution in [0.25, 0.3) is 0 Å². The van der Waals surface area contributed by atoms with Crippen molar-refractivity contribution in [3.05, 3.63) is 63.7 Å². The number of nitrogens with two attached hydrogens (primary N) is 1. The van der Waals surface area contributed by atoms with E-state index in [0.717, 1.165) is 30.0 Å². The molecule has 6 N–H and O–H groups in total. The Morgan fingerprint density at radius 1 is 1.25 bits per heavy atom. The number of rotatable bonds is 4. The predicted octanol–water partition coefficient (Wildman–Crippen LogP) is 1.17. The average molecular weight is 411 g/mol. The first-order valence-electron chi connectivity index (χ1n) is 7.32. The molecule has 0 heterocycles. The van der Waals surface area contributed by atoms with Crippen LogP contribution >= 0.6 is 0 Å². The number of guanidine groups is 1. The van der Waals surface area contributed by atoms with Gasteiger partial charge in [0.15, 0.2) is 0 Å². The Morgan fingerprint density at radius 2 is 1.86 bits per heavy atom. The summed E-state index contributed by atoms with van der Waals surface area (Å²) in [5.41, 5.74) is 7.46. The molecule has 0 bridgehead atoms. The van der Waals surface area contributed by atoms with E-state index in [4.69, 9.17) is 15.5 Å². The van der Waals surface area contributed by atoms with Gasteiger partial charge in [-0.1, -0.05) is 17.7 Å². The van der Waals surface area contributed by atoms with Gasteiger partial charge in [0.05, 0.1) is 16.0 Å². The topological polar surface area (TPSA) is 201 Å². The summed E-state index contributed by atoms with van der Waals surface area (Å²) in [5, 5.41) is 34.8. The summed E-state index contributed by atoms with van der Waals surface area (Å²) in [5.74, 6) is -0.545. The van der Waals surface area contributed by atoms with Crippen LogP contribution < -0.4 is 11.2 Å². The highest BCUT2D eigenvalue weighted by Crippen LogP contribution is 2.21. The molecule has 0 aliphatic carbocycles. The highest BCUT2D eigenvalue weighted by molar-refractivity contribution is 7.85. The van der Waals surface area contributed by atoms with Crippen molar-refractivity contribution >= 4 is 28.0 Å². The fraction of sp³-hybridized carbons (Fsp3) is 0.0667. The van der Waals surface area contributed by atoms with Gasteiger partial charge in [-0.25, -0.2) is 5.48 Å². The summed E-state index contributed by atoms with van der Waals surface area (Å²) in [7, 11) is -4.02. The van der Waals surface area contributed by atoms with E-state index in [1.54, 1.807) is 12.1 Å². The van der Waals surface area contributed by atoms with Crippen LogP contribution in [0.5, 0.6) is 5.75 Å². The van der Waals surface area contributed by atoms with Gasteiger partial charge < -0.3 is 10.8 Å². The predicted molar refractivity (Wildman–Crippen MR) is 99.9 cm³/mol. The highest BCUT2D eigenvalue weighted by Gasteiger charge is 2.08. The van der Waals surface area contributed by atoms with Crippen molar-refractivity contribution in [1.29, 1.82) is 0 Å². The van der Waals surface area contributed by atoms with Crippen molar-refractivity contribution in [3.63, 3.8) is 0 Å². The second-order valence-corrected chi connectivity index (χ2v) is 6.55. The third-order valence-electron chi connectivity index (χ3n) is 3.02. The van der Waals surface area contributed by atoms with E-state index < -0.39 is 15.0 Å². The Kier molecular flexibility index (Phi) is 8.00. The first kappa shape index (κ1) is 22.5. The molecule has 150 valence electrons. The van der Waals surface area contributed by atoms with Crippen LogP contribution in [0.4, 0.5) is 5.69 Å². The van der Waals surface area contributed by atoms with Crippen molar-refractivity contribution in [2.45, 2.75) is 11.8 Å². The van der Waals surface area contributed by atoms with Crippen LogP contribution in [0.15, 0.2) is 57.6 Å². The number of nitrogens with zero attached hydrogens (tertiary/aromatic N) is 3. The Hall–Kier alpha value is -3.55. The molecule has 0 saturated heterocycles. The van der Waals surface area contributed by atoms with Crippen LogP contribution in [0.2, 0.25) is 0 Å². The molecule has 12 nitrogen and oxygen atoms in total. The van der Waals surface area contributed by atoms with E-state index in [1.807, 2.05) is 6.92 Å². The van der Waals surface area contributed by atoms with E-state index in [2.05, 4.69) is 10.2 Å². The largest absolute Gasteiger partial charge is 0.507 e. The Balaban J connectivity index is 0.000000307. The molecule has 2 aromatic rings. The van der Waals surface area contributed by atoms with Crippen LogP contribution in [0.3, 0.4) is 0 Å². The number of phenols is 1. The van der Waals surface area contributed by atoms with Crippen molar-refractivity contribution in [2.24, 2.45) is 15.9 Å². The average Bonchev–Trinajstić information content (AvgIpc) is 2.63. The molecule has 0 atom stereocenters. The fourth-order valence-electron chi connectivity index (χ4n) is 1.64. The number of non-ortho nitro benzene ring substituents is 1. The van der Waals surface area contributed by atoms with Crippen molar-refractivity contribution < 1.29 is 28.2 Å². The molecule has 0 saturated carbocycles. The second kappa shape index (κ2) is 9.96. The number of nitro groups is 1. The van der Waals surface area contributed by atoms with E-state index in [0.29, 0.717) is 0 Å². The summed E-state index contributed by atoms with van der Waals surface area (Å²) in [6.07, 6.45) is 1.06. The molecule has 0 aromatic heterocycles. The zero-order valence-corrected chi connectivity index (χ0v) is 15.2. The molecule has 2 rings (SSSR count). The van der Waals surface area contributed by atoms with E-state index in [9.17, 15) is 23.6 Å². The maximum atomic E-state index is 10.5. The summed E-state index contributed by atoms with van der Waals surface area (Å²) in [6, 6.07) is 9.43. The Labute approximate surface area is 159 Å². The lowest BCUT2D eigenvalue weighted by Crippen LogP contribution is -2.27. The molecule has 0 fully saturated rings. The number of benzene rings is 2. The Morgan fingerprint density at radius 3 is 2.36 bits per heavy atom. The molecule has 0 aliphatic rings. The Bertz CT molecular complexity index is 988. The van der Waals surface area contributed by atoms with Gasteiger partial charge in [-0.3, -0.25) is 19.9 Å². The third-order valence-corrected chi connectivity index (χ3v) is 3.89. The number of aromatic hydroxyl groups is 1. The van der Waals surface area contributed by atoms with Crippen molar-refractivity contribution in [1.82, 2.24) is 5.48 Å². The zero-order chi connectivity index (χ0) is 21.3. The molecular formula is C15H17N5O7S. The molecule has 2 aromatic carbocycles. The maximum Gasteiger partial charge on any atom is 0.294 e. The van der Waals surface area contributed by atoms with Crippen LogP contribution in [0, 0.1) is 17.0 Å². The smallest absolute Gasteiger partial charge is 0.294 e. The minimum absolute atomic E-state index is 0.0666. The summed E-state index contributed by atoms with van der Waals surface area (Å²) in [6.45, 7) is 1.84. The first-order chi connectivity index (χ1) is 13.0. The molecule has 28 heavy (non-hydrogen) atoms. The second-order valence-electron chi connectivity index (χ2n) is 5.13. The van der Waals surface area contributed by atoms with Crippen molar-refractivity contribution in [3.8, 4) is 5.75 Å². The SMILES string of the molecule is Cc1ccc(S(=O)(=O)O)cc1.N/C(=N/N=C/c1cc([N+](=O)[O-])ccc1O)NO. The number of hydrogen-bond acceptors (Lipinski definition) is 8. The third kappa shape index (κ3) is 7.36. The first-order valence-corrected chi connectivity index (χ1v) is 8.76. The van der Waals surface area contributed by atoms with Gasteiger partial charge in [0.1, 0.15) is 5.75 Å². The van der Waals surface area contributed by atoms with Gasteiger partial charge in [-0.05, 0) is 25.1 Å². The summed E-state index contributed by atoms with van der Waals surface area (Å²) < 4.78 is 29.6. The lowest BCUT2D eigenvalue weighted by Gasteiger charge is -1.97. The lowest BCUT2D eigenvalue weighted by atomic mass is 10.2. The number of nitrogens with one attached hydrogen (secondary N) is 1. The normalized spacial score (nSPS) is 11.6. The molecule has 0 radical (unpaired) electrons. The number of hydroxylamine groups is 1. The maximum absolute atomic E-state index is 10.5. The monoisotopic (exact) mass is 411 g/mol. The molecule has 0 spiro atoms. The highest BCUT2D eigenvalue weighted by atomic mass is 32.2. The molecular weight excluding hydrogens is 394 g/mol. The summed E-state index contributed by atoms with van der Waals surface area (Å²) >= 11 is 0. The molecule has 0 unspecified atom stereocenters. The molecule has 13 heteroatoms.